The molecular formula is C13H19N2+. The molecule has 0 bridgehead atoms. The second-order valence-corrected chi connectivity index (χ2v) is 4.64. The SMILES string of the molecule is CC(C)n1ccc2c[n+](C(C)C)ccc21. The third-order valence-electron chi connectivity index (χ3n) is 2.83. The number of aromatic nitrogens is 2. The highest BCUT2D eigenvalue weighted by molar-refractivity contribution is 5.78. The van der Waals surface area contributed by atoms with Gasteiger partial charge in [-0.25, -0.2) is 4.57 Å². The summed E-state index contributed by atoms with van der Waals surface area (Å²) in [7, 11) is 0. The van der Waals surface area contributed by atoms with Crippen molar-refractivity contribution in [1.29, 1.82) is 0 Å². The van der Waals surface area contributed by atoms with Crippen LogP contribution in [-0.4, -0.2) is 4.57 Å². The number of pyridine rings is 1. The maximum atomic E-state index is 2.31. The van der Waals surface area contributed by atoms with Gasteiger partial charge >= 0.3 is 0 Å². The van der Waals surface area contributed by atoms with Crippen LogP contribution in [0.3, 0.4) is 0 Å². The number of rotatable bonds is 2. The summed E-state index contributed by atoms with van der Waals surface area (Å²) in [5, 5.41) is 1.32. The summed E-state index contributed by atoms with van der Waals surface area (Å²) in [6, 6.07) is 5.44. The fourth-order valence-electron chi connectivity index (χ4n) is 1.90. The van der Waals surface area contributed by atoms with E-state index < -0.39 is 0 Å². The van der Waals surface area contributed by atoms with Crippen LogP contribution in [0.1, 0.15) is 39.8 Å². The van der Waals surface area contributed by atoms with Gasteiger partial charge in [-0.05, 0) is 33.8 Å². The van der Waals surface area contributed by atoms with Crippen molar-refractivity contribution in [2.45, 2.75) is 39.8 Å². The quantitative estimate of drug-likeness (QED) is 0.663. The Hall–Kier alpha value is -1.31. The van der Waals surface area contributed by atoms with E-state index in [0.29, 0.717) is 12.1 Å². The van der Waals surface area contributed by atoms with Gasteiger partial charge in [-0.15, -0.1) is 0 Å². The molecule has 2 rings (SSSR count). The Balaban J connectivity index is 2.57. The van der Waals surface area contributed by atoms with Crippen molar-refractivity contribution in [2.75, 3.05) is 0 Å². The highest BCUT2D eigenvalue weighted by Crippen LogP contribution is 2.18. The van der Waals surface area contributed by atoms with E-state index in [-0.39, 0.29) is 0 Å². The van der Waals surface area contributed by atoms with Crippen molar-refractivity contribution in [3.8, 4) is 0 Å². The van der Waals surface area contributed by atoms with Gasteiger partial charge < -0.3 is 4.57 Å². The highest BCUT2D eigenvalue weighted by Gasteiger charge is 2.10. The lowest BCUT2D eigenvalue weighted by Crippen LogP contribution is -2.34. The van der Waals surface area contributed by atoms with Crippen LogP contribution >= 0.6 is 0 Å². The molecular weight excluding hydrogens is 184 g/mol. The summed E-state index contributed by atoms with van der Waals surface area (Å²) in [4.78, 5) is 0. The molecule has 2 heterocycles. The highest BCUT2D eigenvalue weighted by atomic mass is 15.0. The number of nitrogens with zero attached hydrogens (tertiary/aromatic N) is 2. The van der Waals surface area contributed by atoms with Crippen LogP contribution in [0.25, 0.3) is 10.9 Å². The van der Waals surface area contributed by atoms with E-state index in [9.17, 15) is 0 Å². The minimum atomic E-state index is 0.525. The molecule has 0 aromatic carbocycles. The van der Waals surface area contributed by atoms with Gasteiger partial charge in [0.05, 0.1) is 10.9 Å². The van der Waals surface area contributed by atoms with E-state index in [1.807, 2.05) is 0 Å². The molecule has 0 aliphatic heterocycles. The van der Waals surface area contributed by atoms with Gasteiger partial charge in [0.25, 0.3) is 0 Å². The Labute approximate surface area is 91.2 Å². The molecule has 0 spiro atoms. The molecule has 0 radical (unpaired) electrons. The maximum absolute atomic E-state index is 2.31. The summed E-state index contributed by atoms with van der Waals surface area (Å²) in [6.45, 7) is 8.82. The van der Waals surface area contributed by atoms with Gasteiger partial charge in [0.2, 0.25) is 0 Å². The average molecular weight is 203 g/mol. The number of hydrogen-bond acceptors (Lipinski definition) is 0. The molecule has 2 aromatic heterocycles. The Kier molecular flexibility index (Phi) is 2.51. The van der Waals surface area contributed by atoms with Crippen molar-refractivity contribution in [3.05, 3.63) is 30.7 Å². The average Bonchev–Trinajstić information content (AvgIpc) is 2.59. The first-order chi connectivity index (χ1) is 7.09. The van der Waals surface area contributed by atoms with E-state index in [1.54, 1.807) is 0 Å². The predicted octanol–water partition coefficient (Wildman–Crippen LogP) is 3.09. The zero-order chi connectivity index (χ0) is 11.0. The molecule has 0 N–H and O–H groups in total. The van der Waals surface area contributed by atoms with Crippen LogP contribution in [0.2, 0.25) is 0 Å². The minimum absolute atomic E-state index is 0.525. The molecule has 0 unspecified atom stereocenters. The fraction of sp³-hybridized carbons (Fsp3) is 0.462. The van der Waals surface area contributed by atoms with Gasteiger partial charge in [0, 0.05) is 18.3 Å². The Morgan fingerprint density at radius 3 is 2.47 bits per heavy atom. The first-order valence-corrected chi connectivity index (χ1v) is 5.61. The van der Waals surface area contributed by atoms with Crippen LogP contribution in [0, 0.1) is 0 Å². The summed E-state index contributed by atoms with van der Waals surface area (Å²) >= 11 is 0. The van der Waals surface area contributed by atoms with E-state index >= 15 is 0 Å². The first kappa shape index (κ1) is 10.2. The van der Waals surface area contributed by atoms with Crippen LogP contribution in [-0.2, 0) is 0 Å². The number of fused-ring (bicyclic) bond motifs is 1. The van der Waals surface area contributed by atoms with Crippen molar-refractivity contribution < 1.29 is 4.57 Å². The molecule has 2 nitrogen and oxygen atoms in total. The lowest BCUT2D eigenvalue weighted by atomic mass is 10.3. The van der Waals surface area contributed by atoms with Crippen molar-refractivity contribution in [2.24, 2.45) is 0 Å². The summed E-state index contributed by atoms with van der Waals surface area (Å²) in [6.07, 6.45) is 6.55. The predicted molar refractivity (Wildman–Crippen MR) is 62.9 cm³/mol. The molecule has 0 saturated heterocycles. The summed E-state index contributed by atoms with van der Waals surface area (Å²) in [5.74, 6) is 0. The largest absolute Gasteiger partial charge is 0.345 e. The fourth-order valence-corrected chi connectivity index (χ4v) is 1.90. The monoisotopic (exact) mass is 203 g/mol. The Morgan fingerprint density at radius 1 is 1.13 bits per heavy atom. The standard InChI is InChI=1S/C13H19N2/c1-10(2)14-7-6-13-12(9-14)5-8-15(13)11(3)4/h5-11H,1-4H3/q+1. The zero-order valence-corrected chi connectivity index (χ0v) is 9.94. The topological polar surface area (TPSA) is 8.81 Å². The minimum Gasteiger partial charge on any atom is -0.345 e. The van der Waals surface area contributed by atoms with Crippen LogP contribution in [0.15, 0.2) is 30.7 Å². The van der Waals surface area contributed by atoms with Crippen molar-refractivity contribution in [1.82, 2.24) is 4.57 Å². The molecule has 0 atom stereocenters. The lowest BCUT2D eigenvalue weighted by molar-refractivity contribution is -0.715. The molecule has 2 heteroatoms. The van der Waals surface area contributed by atoms with Crippen molar-refractivity contribution >= 4 is 10.9 Å². The summed E-state index contributed by atoms with van der Waals surface area (Å²) in [5.41, 5.74) is 1.32. The normalized spacial score (nSPS) is 11.9. The van der Waals surface area contributed by atoms with Crippen LogP contribution in [0.4, 0.5) is 0 Å². The first-order valence-electron chi connectivity index (χ1n) is 5.61. The van der Waals surface area contributed by atoms with Crippen molar-refractivity contribution in [3.63, 3.8) is 0 Å². The smallest absolute Gasteiger partial charge is 0.178 e. The maximum Gasteiger partial charge on any atom is 0.178 e. The third-order valence-corrected chi connectivity index (χ3v) is 2.83. The van der Waals surface area contributed by atoms with E-state index in [4.69, 9.17) is 0 Å². The van der Waals surface area contributed by atoms with Gasteiger partial charge in [-0.2, -0.15) is 0 Å². The van der Waals surface area contributed by atoms with Gasteiger partial charge in [0.15, 0.2) is 18.4 Å². The molecule has 0 amide bonds. The van der Waals surface area contributed by atoms with E-state index in [1.165, 1.54) is 10.9 Å². The van der Waals surface area contributed by atoms with Gasteiger partial charge in [-0.3, -0.25) is 0 Å². The Morgan fingerprint density at radius 2 is 1.87 bits per heavy atom. The molecule has 0 fully saturated rings. The number of hydrogen-bond donors (Lipinski definition) is 0. The van der Waals surface area contributed by atoms with Gasteiger partial charge in [-0.1, -0.05) is 0 Å². The van der Waals surface area contributed by atoms with Crippen LogP contribution < -0.4 is 4.57 Å². The Bertz CT molecular complexity index is 466. The second kappa shape index (κ2) is 3.69. The van der Waals surface area contributed by atoms with Crippen LogP contribution in [0.5, 0.6) is 0 Å². The molecule has 0 aliphatic carbocycles. The van der Waals surface area contributed by atoms with E-state index in [2.05, 4.69) is 67.6 Å². The third kappa shape index (κ3) is 1.76. The molecule has 0 aliphatic rings. The van der Waals surface area contributed by atoms with E-state index in [0.717, 1.165) is 0 Å². The van der Waals surface area contributed by atoms with Gasteiger partial charge in [0.1, 0.15) is 0 Å². The lowest BCUT2D eigenvalue weighted by Gasteiger charge is -2.08. The second-order valence-electron chi connectivity index (χ2n) is 4.64. The molecule has 15 heavy (non-hydrogen) atoms. The zero-order valence-electron chi connectivity index (χ0n) is 9.94. The molecule has 0 saturated carbocycles. The molecule has 2 aromatic rings. The molecule has 80 valence electrons. The summed E-state index contributed by atoms with van der Waals surface area (Å²) < 4.78 is 4.55.